The molecule has 3 aliphatic rings. The minimum absolute atomic E-state index is 0.0542. The molecule has 1 spiro atoms. The van der Waals surface area contributed by atoms with E-state index in [-0.39, 0.29) is 37.3 Å². The van der Waals surface area contributed by atoms with E-state index in [1.807, 2.05) is 0 Å². The summed E-state index contributed by atoms with van der Waals surface area (Å²) in [4.78, 5) is 14.5. The molecule has 0 radical (unpaired) electrons. The number of sulfonamides is 1. The number of fused-ring (bicyclic) bond motifs is 1. The summed E-state index contributed by atoms with van der Waals surface area (Å²) in [5.41, 5.74) is -0.293. The molecule has 3 heterocycles. The van der Waals surface area contributed by atoms with Crippen LogP contribution in [-0.2, 0) is 26.0 Å². The van der Waals surface area contributed by atoms with Crippen molar-refractivity contribution in [1.29, 1.82) is 0 Å². The number of likely N-dealkylation sites (N-methyl/N-ethyl adjacent to an activating group) is 1. The molecule has 148 valence electrons. The van der Waals surface area contributed by atoms with Gasteiger partial charge in [-0.25, -0.2) is 12.8 Å². The number of hydrogen-bond acceptors (Lipinski definition) is 5. The first-order valence-corrected chi connectivity index (χ1v) is 10.6. The van der Waals surface area contributed by atoms with E-state index in [9.17, 15) is 17.6 Å². The number of morpholine rings is 1. The molecule has 1 aromatic carbocycles. The normalized spacial score (nSPS) is 31.7. The van der Waals surface area contributed by atoms with Gasteiger partial charge in [0, 0.05) is 19.6 Å². The average molecular weight is 398 g/mol. The highest BCUT2D eigenvalue weighted by molar-refractivity contribution is 7.90. The zero-order valence-corrected chi connectivity index (χ0v) is 16.2. The van der Waals surface area contributed by atoms with Crippen LogP contribution in [0.15, 0.2) is 18.2 Å². The molecule has 0 saturated carbocycles. The summed E-state index contributed by atoms with van der Waals surface area (Å²) >= 11 is 0. The zero-order chi connectivity index (χ0) is 19.4. The minimum atomic E-state index is -3.39. The average Bonchev–Trinajstić information content (AvgIpc) is 3.00. The fraction of sp³-hybridized carbons (Fsp3) is 0.611. The van der Waals surface area contributed by atoms with Gasteiger partial charge in [-0.15, -0.1) is 0 Å². The van der Waals surface area contributed by atoms with E-state index < -0.39 is 26.7 Å². The van der Waals surface area contributed by atoms with Crippen LogP contribution in [0.4, 0.5) is 4.39 Å². The number of ether oxygens (including phenoxy) is 2. The Morgan fingerprint density at radius 1 is 1.41 bits per heavy atom. The molecule has 3 atom stereocenters. The van der Waals surface area contributed by atoms with Crippen molar-refractivity contribution in [3.63, 3.8) is 0 Å². The van der Waals surface area contributed by atoms with Crippen LogP contribution in [0.2, 0.25) is 0 Å². The Morgan fingerprint density at radius 2 is 2.19 bits per heavy atom. The highest BCUT2D eigenvalue weighted by Gasteiger charge is 2.65. The third kappa shape index (κ3) is 2.92. The molecule has 0 N–H and O–H groups in total. The van der Waals surface area contributed by atoms with Gasteiger partial charge in [0.25, 0.3) is 0 Å². The van der Waals surface area contributed by atoms with Crippen molar-refractivity contribution in [2.45, 2.75) is 36.7 Å². The number of carbonyl (C=O) groups is 1. The van der Waals surface area contributed by atoms with Gasteiger partial charge in [-0.2, -0.15) is 4.31 Å². The molecule has 9 heteroatoms. The Labute approximate surface area is 158 Å². The number of benzene rings is 1. The van der Waals surface area contributed by atoms with E-state index in [1.54, 1.807) is 17.9 Å². The van der Waals surface area contributed by atoms with Gasteiger partial charge in [0.15, 0.2) is 11.6 Å². The van der Waals surface area contributed by atoms with Crippen molar-refractivity contribution >= 4 is 15.9 Å². The van der Waals surface area contributed by atoms with Crippen molar-refractivity contribution in [1.82, 2.24) is 9.21 Å². The molecule has 1 amide bonds. The Morgan fingerprint density at radius 3 is 2.85 bits per heavy atom. The van der Waals surface area contributed by atoms with Crippen LogP contribution in [0.25, 0.3) is 0 Å². The van der Waals surface area contributed by atoms with E-state index in [0.29, 0.717) is 25.1 Å². The SMILES string of the molecule is CCN1C[C@@]23CN(C(=O)Cc4ccc(OC)c(F)c4)C[C@@H](C[C@@H]2S1(=O)=O)O3. The summed E-state index contributed by atoms with van der Waals surface area (Å²) in [6, 6.07) is 4.46. The lowest BCUT2D eigenvalue weighted by Gasteiger charge is -2.39. The van der Waals surface area contributed by atoms with E-state index >= 15 is 0 Å². The van der Waals surface area contributed by atoms with E-state index in [1.165, 1.54) is 23.5 Å². The number of hydrogen-bond donors (Lipinski definition) is 0. The number of rotatable bonds is 4. The van der Waals surface area contributed by atoms with Crippen molar-refractivity contribution in [2.24, 2.45) is 0 Å². The lowest BCUT2D eigenvalue weighted by molar-refractivity contribution is -0.150. The first-order valence-electron chi connectivity index (χ1n) is 9.06. The fourth-order valence-electron chi connectivity index (χ4n) is 4.53. The molecule has 27 heavy (non-hydrogen) atoms. The van der Waals surface area contributed by atoms with Crippen LogP contribution in [0, 0.1) is 5.82 Å². The predicted molar refractivity (Wildman–Crippen MR) is 95.4 cm³/mol. The second-order valence-corrected chi connectivity index (χ2v) is 9.54. The maximum Gasteiger partial charge on any atom is 0.227 e. The van der Waals surface area contributed by atoms with Crippen LogP contribution < -0.4 is 4.74 Å². The van der Waals surface area contributed by atoms with E-state index in [2.05, 4.69) is 0 Å². The monoisotopic (exact) mass is 398 g/mol. The number of halogens is 1. The molecule has 7 nitrogen and oxygen atoms in total. The fourth-order valence-corrected chi connectivity index (χ4v) is 6.86. The smallest absolute Gasteiger partial charge is 0.227 e. The molecule has 0 aromatic heterocycles. The van der Waals surface area contributed by atoms with Crippen molar-refractivity contribution in [3.05, 3.63) is 29.6 Å². The topological polar surface area (TPSA) is 76.2 Å². The number of methoxy groups -OCH3 is 1. The number of likely N-dealkylation sites (tertiary alicyclic amines) is 1. The molecule has 3 saturated heterocycles. The third-order valence-electron chi connectivity index (χ3n) is 5.79. The predicted octanol–water partition coefficient (Wildman–Crippen LogP) is 0.781. The van der Waals surface area contributed by atoms with Crippen LogP contribution in [0.1, 0.15) is 18.9 Å². The van der Waals surface area contributed by atoms with Crippen LogP contribution in [0.3, 0.4) is 0 Å². The summed E-state index contributed by atoms with van der Waals surface area (Å²) in [6.07, 6.45) is 0.201. The highest BCUT2D eigenvalue weighted by atomic mass is 32.2. The van der Waals surface area contributed by atoms with Gasteiger partial charge in [0.05, 0.1) is 26.2 Å². The first-order chi connectivity index (χ1) is 12.8. The van der Waals surface area contributed by atoms with Crippen molar-refractivity contribution in [2.75, 3.05) is 33.3 Å². The quantitative estimate of drug-likeness (QED) is 0.749. The molecular formula is C18H23FN2O5S. The molecule has 0 aliphatic carbocycles. The number of amides is 1. The standard InChI is InChI=1S/C18H23FN2O5S/c1-3-21-11-18-10-20(9-13(26-18)8-16(18)27(21,23)24)17(22)7-12-4-5-15(25-2)14(19)6-12/h4-6,13,16H,3,7-11H2,1-2H3/t13-,16+,18+/m1/s1. The van der Waals surface area contributed by atoms with Gasteiger partial charge in [0.1, 0.15) is 10.9 Å². The van der Waals surface area contributed by atoms with Crippen LogP contribution in [0.5, 0.6) is 5.75 Å². The third-order valence-corrected chi connectivity index (χ3v) is 8.24. The molecule has 1 aromatic rings. The zero-order valence-electron chi connectivity index (χ0n) is 15.4. The first kappa shape index (κ1) is 18.6. The minimum Gasteiger partial charge on any atom is -0.494 e. The van der Waals surface area contributed by atoms with Gasteiger partial charge in [0.2, 0.25) is 15.9 Å². The van der Waals surface area contributed by atoms with Crippen molar-refractivity contribution in [3.8, 4) is 5.75 Å². The van der Waals surface area contributed by atoms with Crippen LogP contribution >= 0.6 is 0 Å². The maximum atomic E-state index is 13.9. The summed E-state index contributed by atoms with van der Waals surface area (Å²) in [6.45, 7) is 3.11. The lowest BCUT2D eigenvalue weighted by atomic mass is 9.99. The van der Waals surface area contributed by atoms with Gasteiger partial charge in [-0.3, -0.25) is 4.79 Å². The Hall–Kier alpha value is -1.71. The second-order valence-electron chi connectivity index (χ2n) is 7.42. The molecule has 2 bridgehead atoms. The Bertz CT molecular complexity index is 877. The Kier molecular flexibility index (Phi) is 4.44. The number of nitrogens with zero attached hydrogens (tertiary/aromatic N) is 2. The van der Waals surface area contributed by atoms with E-state index in [4.69, 9.17) is 9.47 Å². The lowest BCUT2D eigenvalue weighted by Crippen LogP contribution is -2.56. The maximum absolute atomic E-state index is 13.9. The summed E-state index contributed by atoms with van der Waals surface area (Å²) in [7, 11) is -2.01. The molecular weight excluding hydrogens is 375 g/mol. The molecule has 3 fully saturated rings. The highest BCUT2D eigenvalue weighted by Crippen LogP contribution is 2.46. The van der Waals surface area contributed by atoms with Gasteiger partial charge >= 0.3 is 0 Å². The van der Waals surface area contributed by atoms with Crippen molar-refractivity contribution < 1.29 is 27.1 Å². The van der Waals surface area contributed by atoms with E-state index in [0.717, 1.165) is 0 Å². The van der Waals surface area contributed by atoms with Gasteiger partial charge in [-0.1, -0.05) is 13.0 Å². The molecule has 3 aliphatic heterocycles. The van der Waals surface area contributed by atoms with Crippen LogP contribution in [-0.4, -0.2) is 73.8 Å². The Balaban J connectivity index is 1.52. The second kappa shape index (κ2) is 6.42. The van der Waals surface area contributed by atoms with Gasteiger partial charge < -0.3 is 14.4 Å². The molecule has 4 rings (SSSR count). The van der Waals surface area contributed by atoms with Gasteiger partial charge in [-0.05, 0) is 24.1 Å². The largest absolute Gasteiger partial charge is 0.494 e. The summed E-state index contributed by atoms with van der Waals surface area (Å²) < 4.78 is 51.7. The number of carbonyl (C=O) groups excluding carboxylic acids is 1. The molecule has 0 unspecified atom stereocenters. The summed E-state index contributed by atoms with van der Waals surface area (Å²) in [5, 5.41) is -0.591. The summed E-state index contributed by atoms with van der Waals surface area (Å²) in [5.74, 6) is -0.530.